The van der Waals surface area contributed by atoms with E-state index in [-0.39, 0.29) is 11.4 Å². The Bertz CT molecular complexity index is 1180. The molecule has 2 N–H and O–H groups in total. The molecule has 2 aromatic carbocycles. The summed E-state index contributed by atoms with van der Waals surface area (Å²) in [6.07, 6.45) is 2.67. The quantitative estimate of drug-likeness (QED) is 0.302. The van der Waals surface area contributed by atoms with E-state index >= 15 is 0 Å². The van der Waals surface area contributed by atoms with Crippen LogP contribution < -0.4 is 16.0 Å². The Balaban J connectivity index is 1.86. The number of nitro groups is 1. The van der Waals surface area contributed by atoms with E-state index in [4.69, 9.17) is 4.74 Å². The van der Waals surface area contributed by atoms with Crippen LogP contribution in [0.1, 0.15) is 21.6 Å². The number of ether oxygens (including phenoxy) is 1. The molecular weight excluding hydrogens is 366 g/mol. The van der Waals surface area contributed by atoms with Crippen LogP contribution in [0.25, 0.3) is 12.2 Å². The third-order valence-electron chi connectivity index (χ3n) is 3.65. The highest BCUT2D eigenvalue weighted by molar-refractivity contribution is 5.91. The third-order valence-corrected chi connectivity index (χ3v) is 3.65. The molecule has 3 rings (SSSR count). The summed E-state index contributed by atoms with van der Waals surface area (Å²) in [5.41, 5.74) is -2.05. The molecule has 0 aliphatic carbocycles. The highest BCUT2D eigenvalue weighted by Gasteiger charge is 2.18. The Morgan fingerprint density at radius 1 is 1.00 bits per heavy atom. The first-order chi connectivity index (χ1) is 13.4. The summed E-state index contributed by atoms with van der Waals surface area (Å²) in [4.78, 5) is 49.3. The molecule has 28 heavy (non-hydrogen) atoms. The third kappa shape index (κ3) is 4.28. The van der Waals surface area contributed by atoms with E-state index in [0.717, 1.165) is 0 Å². The van der Waals surface area contributed by atoms with Crippen molar-refractivity contribution in [2.24, 2.45) is 0 Å². The van der Waals surface area contributed by atoms with Crippen molar-refractivity contribution in [1.82, 2.24) is 9.97 Å². The largest absolute Gasteiger partial charge is 0.423 e. The van der Waals surface area contributed by atoms with Gasteiger partial charge in [-0.15, -0.1) is 0 Å². The fourth-order valence-electron chi connectivity index (χ4n) is 2.40. The Kier molecular flexibility index (Phi) is 5.26. The number of aromatic amines is 2. The molecule has 1 heterocycles. The van der Waals surface area contributed by atoms with E-state index in [1.807, 2.05) is 0 Å². The summed E-state index contributed by atoms with van der Waals surface area (Å²) < 4.78 is 5.30. The van der Waals surface area contributed by atoms with E-state index < -0.39 is 27.8 Å². The van der Waals surface area contributed by atoms with Crippen molar-refractivity contribution < 1.29 is 14.5 Å². The van der Waals surface area contributed by atoms with Crippen LogP contribution in [0.3, 0.4) is 0 Å². The monoisotopic (exact) mass is 379 g/mol. The number of H-pyrrole nitrogens is 2. The smallest absolute Gasteiger partial charge is 0.357 e. The lowest BCUT2D eigenvalue weighted by molar-refractivity contribution is -0.386. The Morgan fingerprint density at radius 2 is 1.75 bits per heavy atom. The van der Waals surface area contributed by atoms with Crippen LogP contribution >= 0.6 is 0 Å². The van der Waals surface area contributed by atoms with Crippen molar-refractivity contribution >= 4 is 23.8 Å². The number of benzene rings is 2. The Hall–Kier alpha value is -4.27. The van der Waals surface area contributed by atoms with Gasteiger partial charge in [0.25, 0.3) is 0 Å². The number of rotatable bonds is 5. The standard InChI is InChI=1S/C19H13N3O6/c23-17-16(22(26)27)15(20-19(25)21-17)10-9-12-5-4-8-14(11-12)28-18(24)13-6-2-1-3-7-13/h1-11H,(H2,20,21,23,25). The first-order valence-electron chi connectivity index (χ1n) is 8.00. The highest BCUT2D eigenvalue weighted by Crippen LogP contribution is 2.18. The molecule has 0 radical (unpaired) electrons. The van der Waals surface area contributed by atoms with E-state index in [1.165, 1.54) is 18.2 Å². The lowest BCUT2D eigenvalue weighted by Crippen LogP contribution is -2.25. The summed E-state index contributed by atoms with van der Waals surface area (Å²) in [6, 6.07) is 14.8. The van der Waals surface area contributed by atoms with Crippen LogP contribution in [0, 0.1) is 10.1 Å². The fraction of sp³-hybridized carbons (Fsp3) is 0. The molecule has 3 aromatic rings. The SMILES string of the molecule is O=C(Oc1cccc(C=Cc2[nH]c(=O)[nH]c(=O)c2[N+](=O)[O-])c1)c1ccccc1. The van der Waals surface area contributed by atoms with Gasteiger partial charge in [-0.1, -0.05) is 36.4 Å². The van der Waals surface area contributed by atoms with Gasteiger partial charge in [0, 0.05) is 0 Å². The lowest BCUT2D eigenvalue weighted by atomic mass is 10.2. The molecule has 0 bridgehead atoms. The minimum Gasteiger partial charge on any atom is -0.423 e. The maximum absolute atomic E-state index is 12.1. The molecule has 9 heteroatoms. The zero-order valence-corrected chi connectivity index (χ0v) is 14.2. The summed E-state index contributed by atoms with van der Waals surface area (Å²) in [7, 11) is 0. The molecule has 0 aliphatic heterocycles. The predicted octanol–water partition coefficient (Wildman–Crippen LogP) is 2.36. The number of carbonyl (C=O) groups is 1. The van der Waals surface area contributed by atoms with Gasteiger partial charge in [0.15, 0.2) is 0 Å². The van der Waals surface area contributed by atoms with Gasteiger partial charge >= 0.3 is 22.9 Å². The normalized spacial score (nSPS) is 10.7. The van der Waals surface area contributed by atoms with Gasteiger partial charge in [0.1, 0.15) is 11.4 Å². The summed E-state index contributed by atoms with van der Waals surface area (Å²) in [5, 5.41) is 11.0. The first-order valence-corrected chi connectivity index (χ1v) is 8.00. The molecule has 1 aromatic heterocycles. The van der Waals surface area contributed by atoms with Crippen LogP contribution in [0.2, 0.25) is 0 Å². The van der Waals surface area contributed by atoms with Gasteiger partial charge in [0.05, 0.1) is 10.5 Å². The second-order valence-electron chi connectivity index (χ2n) is 5.59. The van der Waals surface area contributed by atoms with Crippen LogP contribution in [0.15, 0.2) is 64.2 Å². The number of hydrogen-bond donors (Lipinski definition) is 2. The van der Waals surface area contributed by atoms with Gasteiger partial charge in [0.2, 0.25) is 0 Å². The average Bonchev–Trinajstić information content (AvgIpc) is 2.66. The molecular formula is C19H13N3O6. The van der Waals surface area contributed by atoms with Crippen molar-refractivity contribution in [3.8, 4) is 5.75 Å². The molecule has 0 aliphatic rings. The van der Waals surface area contributed by atoms with Crippen molar-refractivity contribution in [1.29, 1.82) is 0 Å². The van der Waals surface area contributed by atoms with E-state index in [1.54, 1.807) is 53.5 Å². The maximum Gasteiger partial charge on any atom is 0.357 e. The number of hydrogen-bond acceptors (Lipinski definition) is 6. The van der Waals surface area contributed by atoms with Gasteiger partial charge in [-0.2, -0.15) is 0 Å². The zero-order chi connectivity index (χ0) is 20.1. The first kappa shape index (κ1) is 18.5. The van der Waals surface area contributed by atoms with Gasteiger partial charge in [-0.05, 0) is 35.9 Å². The van der Waals surface area contributed by atoms with Crippen LogP contribution in [-0.4, -0.2) is 20.9 Å². The molecule has 0 amide bonds. The molecule has 0 spiro atoms. The fourth-order valence-corrected chi connectivity index (χ4v) is 2.40. The molecule has 0 fully saturated rings. The number of nitrogens with zero attached hydrogens (tertiary/aromatic N) is 1. The van der Waals surface area contributed by atoms with Crippen molar-refractivity contribution in [3.05, 3.63) is 102 Å². The van der Waals surface area contributed by atoms with Crippen LogP contribution in [0.4, 0.5) is 5.69 Å². The molecule has 0 saturated carbocycles. The number of esters is 1. The number of aromatic nitrogens is 2. The van der Waals surface area contributed by atoms with Gasteiger partial charge in [-0.3, -0.25) is 19.9 Å². The molecule has 9 nitrogen and oxygen atoms in total. The molecule has 140 valence electrons. The predicted molar refractivity (Wildman–Crippen MR) is 101 cm³/mol. The average molecular weight is 379 g/mol. The number of nitrogens with one attached hydrogen (secondary N) is 2. The van der Waals surface area contributed by atoms with Crippen molar-refractivity contribution in [2.75, 3.05) is 0 Å². The molecule has 0 unspecified atom stereocenters. The Labute approximate surface area is 157 Å². The van der Waals surface area contributed by atoms with E-state index in [9.17, 15) is 24.5 Å². The molecule has 0 saturated heterocycles. The van der Waals surface area contributed by atoms with Gasteiger partial charge < -0.3 is 9.72 Å². The topological polar surface area (TPSA) is 135 Å². The zero-order valence-electron chi connectivity index (χ0n) is 14.2. The van der Waals surface area contributed by atoms with Crippen molar-refractivity contribution in [2.45, 2.75) is 0 Å². The minimum atomic E-state index is -1.10. The highest BCUT2D eigenvalue weighted by atomic mass is 16.6. The summed E-state index contributed by atoms with van der Waals surface area (Å²) in [5.74, 6) is -0.263. The lowest BCUT2D eigenvalue weighted by Gasteiger charge is -2.05. The van der Waals surface area contributed by atoms with Crippen molar-refractivity contribution in [3.63, 3.8) is 0 Å². The number of carbonyl (C=O) groups excluding carboxylic acids is 1. The summed E-state index contributed by atoms with van der Waals surface area (Å²) in [6.45, 7) is 0. The second-order valence-corrected chi connectivity index (χ2v) is 5.59. The summed E-state index contributed by atoms with van der Waals surface area (Å²) >= 11 is 0. The maximum atomic E-state index is 12.1. The second kappa shape index (κ2) is 7.96. The van der Waals surface area contributed by atoms with Crippen LogP contribution in [0.5, 0.6) is 5.75 Å². The van der Waals surface area contributed by atoms with Gasteiger partial charge in [-0.25, -0.2) is 9.59 Å². The Morgan fingerprint density at radius 3 is 2.46 bits per heavy atom. The minimum absolute atomic E-state index is 0.245. The molecule has 0 atom stereocenters. The van der Waals surface area contributed by atoms with E-state index in [0.29, 0.717) is 11.1 Å². The van der Waals surface area contributed by atoms with Crippen LogP contribution in [-0.2, 0) is 0 Å². The van der Waals surface area contributed by atoms with E-state index in [2.05, 4.69) is 4.98 Å².